The van der Waals surface area contributed by atoms with E-state index in [2.05, 4.69) is 15.9 Å². The highest BCUT2D eigenvalue weighted by atomic mass is 79.9. The molecule has 0 bridgehead atoms. The Morgan fingerprint density at radius 2 is 1.92 bits per heavy atom. The number of nitrogens with zero attached hydrogens (tertiary/aromatic N) is 2. The lowest BCUT2D eigenvalue weighted by Crippen LogP contribution is -2.52. The summed E-state index contributed by atoms with van der Waals surface area (Å²) in [6.45, 7) is 0.998. The fraction of sp³-hybridized carbons (Fsp3) is 0.533. The van der Waals surface area contributed by atoms with Crippen molar-refractivity contribution in [1.82, 2.24) is 9.21 Å². The number of carbonyl (C=O) groups is 1. The second-order valence-corrected chi connectivity index (χ2v) is 13.2. The number of piperazine rings is 1. The van der Waals surface area contributed by atoms with Crippen molar-refractivity contribution in [3.8, 4) is 0 Å². The highest BCUT2D eigenvalue weighted by molar-refractivity contribution is 9.11. The Morgan fingerprint density at radius 3 is 2.46 bits per heavy atom. The van der Waals surface area contributed by atoms with E-state index in [-0.39, 0.29) is 36.9 Å². The first kappa shape index (κ1) is 20.0. The van der Waals surface area contributed by atoms with E-state index in [1.54, 1.807) is 11.0 Å². The molecule has 7 nitrogen and oxygen atoms in total. The van der Waals surface area contributed by atoms with Gasteiger partial charge in [-0.3, -0.25) is 4.79 Å². The van der Waals surface area contributed by atoms with E-state index in [0.717, 1.165) is 8.66 Å². The van der Waals surface area contributed by atoms with Crippen LogP contribution in [0.2, 0.25) is 0 Å². The summed E-state index contributed by atoms with van der Waals surface area (Å²) in [6, 6.07) is 3.81. The zero-order valence-electron chi connectivity index (χ0n) is 13.9. The topological polar surface area (TPSA) is 91.8 Å². The quantitative estimate of drug-likeness (QED) is 0.600. The number of halogens is 1. The third kappa shape index (κ3) is 4.56. The van der Waals surface area contributed by atoms with E-state index in [4.69, 9.17) is 0 Å². The van der Waals surface area contributed by atoms with Gasteiger partial charge in [0.2, 0.25) is 15.9 Å². The summed E-state index contributed by atoms with van der Waals surface area (Å²) in [7, 11) is -6.90. The molecule has 0 saturated carbocycles. The number of thiophene rings is 1. The van der Waals surface area contributed by atoms with E-state index in [9.17, 15) is 21.6 Å². The fourth-order valence-electron chi connectivity index (χ4n) is 3.05. The number of amides is 1. The number of hydrogen-bond acceptors (Lipinski definition) is 6. The van der Waals surface area contributed by atoms with Crippen LogP contribution in [0.3, 0.4) is 0 Å². The van der Waals surface area contributed by atoms with Gasteiger partial charge in [-0.25, -0.2) is 16.8 Å². The van der Waals surface area contributed by atoms with E-state index in [1.165, 1.54) is 21.7 Å². The number of sulfone groups is 1. The molecule has 3 heterocycles. The molecule has 0 radical (unpaired) electrons. The highest BCUT2D eigenvalue weighted by Gasteiger charge is 2.41. The molecule has 0 N–H and O–H groups in total. The molecular formula is C15H19BrN2O5S3. The monoisotopic (exact) mass is 482 g/mol. The lowest BCUT2D eigenvalue weighted by Gasteiger charge is -2.34. The average Bonchev–Trinajstić information content (AvgIpc) is 3.18. The van der Waals surface area contributed by atoms with Crippen LogP contribution < -0.4 is 0 Å². The van der Waals surface area contributed by atoms with Crippen LogP contribution >= 0.6 is 27.3 Å². The Morgan fingerprint density at radius 1 is 1.23 bits per heavy atom. The molecule has 0 spiro atoms. The third-order valence-corrected chi connectivity index (χ3v) is 10.4. The summed E-state index contributed by atoms with van der Waals surface area (Å²) < 4.78 is 50.6. The van der Waals surface area contributed by atoms with Gasteiger partial charge in [-0.05, 0) is 40.6 Å². The summed E-state index contributed by atoms with van der Waals surface area (Å²) in [5.74, 6) is -0.526. The van der Waals surface area contributed by atoms with E-state index >= 15 is 0 Å². The molecule has 2 saturated heterocycles. The molecule has 0 aliphatic carbocycles. The van der Waals surface area contributed by atoms with Crippen molar-refractivity contribution in [1.29, 1.82) is 0 Å². The predicted octanol–water partition coefficient (Wildman–Crippen LogP) is 1.18. The second kappa shape index (κ2) is 7.70. The van der Waals surface area contributed by atoms with Crippen molar-refractivity contribution in [2.24, 2.45) is 0 Å². The lowest BCUT2D eigenvalue weighted by atomic mass is 10.3. The maximum Gasteiger partial charge on any atom is 0.246 e. The van der Waals surface area contributed by atoms with Crippen molar-refractivity contribution in [3.63, 3.8) is 0 Å². The van der Waals surface area contributed by atoms with Crippen LogP contribution in [0.5, 0.6) is 0 Å². The Hall–Kier alpha value is -0.750. The molecule has 3 rings (SSSR count). The largest absolute Gasteiger partial charge is 0.337 e. The minimum absolute atomic E-state index is 0.0705. The van der Waals surface area contributed by atoms with Gasteiger partial charge >= 0.3 is 0 Å². The highest BCUT2D eigenvalue weighted by Crippen LogP contribution is 2.24. The molecule has 0 aromatic carbocycles. The first-order valence-corrected chi connectivity index (χ1v) is 13.0. The molecule has 144 valence electrons. The van der Waals surface area contributed by atoms with Gasteiger partial charge in [0.25, 0.3) is 0 Å². The summed E-state index contributed by atoms with van der Waals surface area (Å²) >= 11 is 4.88. The third-order valence-electron chi connectivity index (χ3n) is 4.51. The minimum atomic E-state index is -3.64. The van der Waals surface area contributed by atoms with Gasteiger partial charge in [0.1, 0.15) is 0 Å². The van der Waals surface area contributed by atoms with E-state index < -0.39 is 25.1 Å². The van der Waals surface area contributed by atoms with Gasteiger partial charge in [-0.15, -0.1) is 11.3 Å². The maximum atomic E-state index is 12.6. The Labute approximate surface area is 165 Å². The van der Waals surface area contributed by atoms with Crippen molar-refractivity contribution >= 4 is 59.1 Å². The second-order valence-electron chi connectivity index (χ2n) is 6.27. The SMILES string of the molecule is O=C(/C=C/c1ccc(Br)s1)N1CCN(S(=O)(=O)C2CCS(=O)(=O)C2)CC1. The van der Waals surface area contributed by atoms with E-state index in [0.29, 0.717) is 13.1 Å². The standard InChI is InChI=1S/C15H19BrN2O5S3/c16-14-3-1-12(24-14)2-4-15(19)17-6-8-18(9-7-17)26(22,23)13-5-10-25(20,21)11-13/h1-4,13H,5-11H2/b4-2+. The summed E-state index contributed by atoms with van der Waals surface area (Å²) in [5, 5.41) is -0.855. The molecule has 1 amide bonds. The first-order valence-electron chi connectivity index (χ1n) is 8.09. The number of sulfonamides is 1. The average molecular weight is 483 g/mol. The summed E-state index contributed by atoms with van der Waals surface area (Å²) in [4.78, 5) is 14.8. The fourth-order valence-corrected chi connectivity index (χ4v) is 8.88. The molecule has 1 atom stereocenters. The lowest BCUT2D eigenvalue weighted by molar-refractivity contribution is -0.127. The van der Waals surface area contributed by atoms with Crippen LogP contribution in [-0.2, 0) is 24.7 Å². The van der Waals surface area contributed by atoms with Crippen molar-refractivity contribution in [2.75, 3.05) is 37.7 Å². The Bertz CT molecular complexity index is 915. The maximum absolute atomic E-state index is 12.6. The number of rotatable bonds is 4. The van der Waals surface area contributed by atoms with Crippen LogP contribution in [0, 0.1) is 0 Å². The first-order chi connectivity index (χ1) is 12.2. The molecule has 2 fully saturated rings. The smallest absolute Gasteiger partial charge is 0.246 e. The predicted molar refractivity (Wildman–Crippen MR) is 105 cm³/mol. The number of carbonyl (C=O) groups excluding carboxylic acids is 1. The van der Waals surface area contributed by atoms with Crippen molar-refractivity contribution in [2.45, 2.75) is 11.7 Å². The zero-order valence-corrected chi connectivity index (χ0v) is 17.9. The van der Waals surface area contributed by atoms with Crippen LogP contribution in [0.15, 0.2) is 22.0 Å². The zero-order chi connectivity index (χ0) is 18.9. The number of hydrogen-bond donors (Lipinski definition) is 0. The summed E-state index contributed by atoms with van der Waals surface area (Å²) in [5.41, 5.74) is 0. The summed E-state index contributed by atoms with van der Waals surface area (Å²) in [6.07, 6.45) is 3.39. The van der Waals surface area contributed by atoms with Crippen LogP contribution in [0.25, 0.3) is 6.08 Å². The minimum Gasteiger partial charge on any atom is -0.337 e. The van der Waals surface area contributed by atoms with Gasteiger partial charge in [0, 0.05) is 37.1 Å². The van der Waals surface area contributed by atoms with Crippen LogP contribution in [-0.4, -0.2) is 74.9 Å². The van der Waals surface area contributed by atoms with Crippen molar-refractivity contribution < 1.29 is 21.6 Å². The Balaban J connectivity index is 1.57. The van der Waals surface area contributed by atoms with Gasteiger partial charge < -0.3 is 4.90 Å². The van der Waals surface area contributed by atoms with Gasteiger partial charge in [0.05, 0.1) is 20.5 Å². The molecule has 1 aromatic rings. The van der Waals surface area contributed by atoms with Gasteiger partial charge in [0.15, 0.2) is 9.84 Å². The molecule has 26 heavy (non-hydrogen) atoms. The van der Waals surface area contributed by atoms with Gasteiger partial charge in [-0.1, -0.05) is 0 Å². The van der Waals surface area contributed by atoms with Gasteiger partial charge in [-0.2, -0.15) is 4.31 Å². The van der Waals surface area contributed by atoms with Crippen LogP contribution in [0.1, 0.15) is 11.3 Å². The molecule has 11 heteroatoms. The normalized spacial score (nSPS) is 24.3. The molecule has 1 unspecified atom stereocenters. The molecule has 2 aliphatic heterocycles. The van der Waals surface area contributed by atoms with E-state index in [1.807, 2.05) is 12.1 Å². The molecular weight excluding hydrogens is 464 g/mol. The molecule has 1 aromatic heterocycles. The molecule has 2 aliphatic rings. The van der Waals surface area contributed by atoms with Crippen molar-refractivity contribution in [3.05, 3.63) is 26.9 Å². The Kier molecular flexibility index (Phi) is 5.92. The van der Waals surface area contributed by atoms with Crippen LogP contribution in [0.4, 0.5) is 0 Å².